The smallest absolute Gasteiger partial charge is 0.137 e. The van der Waals surface area contributed by atoms with Gasteiger partial charge in [-0.1, -0.05) is 32.9 Å². The van der Waals surface area contributed by atoms with E-state index in [1.54, 1.807) is 6.20 Å². The average Bonchev–Trinajstić information content (AvgIpc) is 2.63. The van der Waals surface area contributed by atoms with Crippen LogP contribution in [-0.2, 0) is 11.8 Å². The van der Waals surface area contributed by atoms with E-state index in [0.29, 0.717) is 19.6 Å². The van der Waals surface area contributed by atoms with Gasteiger partial charge in [0.05, 0.1) is 18.3 Å². The zero-order valence-electron chi connectivity index (χ0n) is 15.7. The fraction of sp³-hybridized carbons (Fsp3) is 0.429. The Morgan fingerprint density at radius 2 is 1.73 bits per heavy atom. The monoisotopic (exact) mass is 353 g/mol. The van der Waals surface area contributed by atoms with Crippen molar-refractivity contribution in [2.75, 3.05) is 13.2 Å². The van der Waals surface area contributed by atoms with Crippen molar-refractivity contribution in [1.29, 1.82) is 5.26 Å². The van der Waals surface area contributed by atoms with E-state index in [1.807, 2.05) is 36.5 Å². The van der Waals surface area contributed by atoms with Crippen LogP contribution in [0.2, 0.25) is 0 Å². The Kier molecular flexibility index (Phi) is 6.99. The van der Waals surface area contributed by atoms with Gasteiger partial charge in [-0.25, -0.2) is 0 Å². The Morgan fingerprint density at radius 1 is 1.08 bits per heavy atom. The molecule has 0 unspecified atom stereocenters. The molecule has 0 amide bonds. The van der Waals surface area contributed by atoms with Gasteiger partial charge < -0.3 is 15.2 Å². The second kappa shape index (κ2) is 9.21. The van der Waals surface area contributed by atoms with Crippen molar-refractivity contribution in [3.05, 3.63) is 53.9 Å². The molecular formula is C21H27N3O2. The van der Waals surface area contributed by atoms with Crippen molar-refractivity contribution < 1.29 is 9.47 Å². The highest BCUT2D eigenvalue weighted by Crippen LogP contribution is 2.24. The summed E-state index contributed by atoms with van der Waals surface area (Å²) in [7, 11) is 0. The SMILES string of the molecule is CC(C)(C)c1cncc(OC[C@@H](N)COc2ccc(CCC#N)cc2)c1. The molecule has 5 heteroatoms. The van der Waals surface area contributed by atoms with Crippen molar-refractivity contribution in [1.82, 2.24) is 4.98 Å². The van der Waals surface area contributed by atoms with Crippen LogP contribution < -0.4 is 15.2 Å². The molecule has 1 aromatic heterocycles. The quantitative estimate of drug-likeness (QED) is 0.784. The molecule has 2 aromatic rings. The lowest BCUT2D eigenvalue weighted by Crippen LogP contribution is -2.34. The maximum Gasteiger partial charge on any atom is 0.137 e. The van der Waals surface area contributed by atoms with Crippen molar-refractivity contribution in [3.63, 3.8) is 0 Å². The minimum atomic E-state index is -0.244. The van der Waals surface area contributed by atoms with Gasteiger partial charge in [-0.2, -0.15) is 5.26 Å². The predicted octanol–water partition coefficient (Wildman–Crippen LogP) is 3.62. The fourth-order valence-electron chi connectivity index (χ4n) is 2.32. The molecule has 0 saturated heterocycles. The van der Waals surface area contributed by atoms with E-state index < -0.39 is 0 Å². The summed E-state index contributed by atoms with van der Waals surface area (Å²) >= 11 is 0. The molecule has 0 bridgehead atoms. The summed E-state index contributed by atoms with van der Waals surface area (Å²) in [5.41, 5.74) is 8.35. The second-order valence-electron chi connectivity index (χ2n) is 7.34. The minimum Gasteiger partial charge on any atom is -0.492 e. The normalized spacial score (nSPS) is 12.3. The molecule has 1 heterocycles. The number of pyridine rings is 1. The molecule has 0 saturated carbocycles. The number of aryl methyl sites for hydroxylation is 1. The Bertz CT molecular complexity index is 730. The number of hydrogen-bond acceptors (Lipinski definition) is 5. The molecule has 5 nitrogen and oxygen atoms in total. The number of rotatable bonds is 8. The molecule has 2 N–H and O–H groups in total. The number of ether oxygens (including phenoxy) is 2. The first-order chi connectivity index (χ1) is 12.4. The van der Waals surface area contributed by atoms with E-state index in [9.17, 15) is 0 Å². The van der Waals surface area contributed by atoms with Gasteiger partial charge in [-0.05, 0) is 41.2 Å². The minimum absolute atomic E-state index is 0.0248. The Morgan fingerprint density at radius 3 is 2.35 bits per heavy atom. The van der Waals surface area contributed by atoms with Crippen LogP contribution in [0.4, 0.5) is 0 Å². The molecule has 1 atom stereocenters. The highest BCUT2D eigenvalue weighted by Gasteiger charge is 2.15. The molecule has 26 heavy (non-hydrogen) atoms. The molecule has 0 aliphatic heterocycles. The van der Waals surface area contributed by atoms with Crippen LogP contribution in [0.1, 0.15) is 38.3 Å². The zero-order chi connectivity index (χ0) is 19.0. The molecule has 2 rings (SSSR count). The first-order valence-electron chi connectivity index (χ1n) is 8.81. The van der Waals surface area contributed by atoms with Crippen LogP contribution in [0.3, 0.4) is 0 Å². The number of aromatic nitrogens is 1. The average molecular weight is 353 g/mol. The van der Waals surface area contributed by atoms with Gasteiger partial charge in [0.2, 0.25) is 0 Å². The van der Waals surface area contributed by atoms with Crippen LogP contribution in [0, 0.1) is 11.3 Å². The number of nitriles is 1. The number of nitrogens with zero attached hydrogens (tertiary/aromatic N) is 2. The Hall–Kier alpha value is -2.58. The summed E-state index contributed by atoms with van der Waals surface area (Å²) in [6.07, 6.45) is 4.83. The van der Waals surface area contributed by atoms with Gasteiger partial charge >= 0.3 is 0 Å². The van der Waals surface area contributed by atoms with Crippen LogP contribution >= 0.6 is 0 Å². The summed E-state index contributed by atoms with van der Waals surface area (Å²) in [5.74, 6) is 1.48. The molecule has 0 aliphatic rings. The molecule has 138 valence electrons. The van der Waals surface area contributed by atoms with Gasteiger partial charge in [-0.15, -0.1) is 0 Å². The number of benzene rings is 1. The van der Waals surface area contributed by atoms with Gasteiger partial charge in [0.1, 0.15) is 24.7 Å². The molecule has 0 spiro atoms. The third-order valence-corrected chi connectivity index (χ3v) is 3.96. The van der Waals surface area contributed by atoms with Crippen LogP contribution in [-0.4, -0.2) is 24.2 Å². The van der Waals surface area contributed by atoms with E-state index in [-0.39, 0.29) is 11.5 Å². The lowest BCUT2D eigenvalue weighted by Gasteiger charge is -2.20. The first kappa shape index (κ1) is 19.7. The highest BCUT2D eigenvalue weighted by molar-refractivity contribution is 5.29. The van der Waals surface area contributed by atoms with E-state index >= 15 is 0 Å². The maximum atomic E-state index is 8.61. The lowest BCUT2D eigenvalue weighted by atomic mass is 9.88. The van der Waals surface area contributed by atoms with E-state index in [0.717, 1.165) is 29.0 Å². The fourth-order valence-corrected chi connectivity index (χ4v) is 2.32. The predicted molar refractivity (Wildman–Crippen MR) is 102 cm³/mol. The van der Waals surface area contributed by atoms with Crippen molar-refractivity contribution in [3.8, 4) is 17.6 Å². The summed E-state index contributed by atoms with van der Waals surface area (Å²) in [6, 6.07) is 11.6. The summed E-state index contributed by atoms with van der Waals surface area (Å²) in [4.78, 5) is 4.23. The second-order valence-corrected chi connectivity index (χ2v) is 7.34. The van der Waals surface area contributed by atoms with Gasteiger partial charge in [0.25, 0.3) is 0 Å². The summed E-state index contributed by atoms with van der Waals surface area (Å²) in [6.45, 7) is 7.14. The van der Waals surface area contributed by atoms with E-state index in [4.69, 9.17) is 20.5 Å². The van der Waals surface area contributed by atoms with E-state index in [2.05, 4.69) is 31.8 Å². The first-order valence-corrected chi connectivity index (χ1v) is 8.81. The molecule has 0 fully saturated rings. The van der Waals surface area contributed by atoms with Gasteiger partial charge in [0.15, 0.2) is 0 Å². The third-order valence-electron chi connectivity index (χ3n) is 3.96. The topological polar surface area (TPSA) is 81.2 Å². The van der Waals surface area contributed by atoms with Crippen molar-refractivity contribution in [2.24, 2.45) is 5.73 Å². The molecule has 1 aromatic carbocycles. The largest absolute Gasteiger partial charge is 0.492 e. The van der Waals surface area contributed by atoms with Crippen molar-refractivity contribution >= 4 is 0 Å². The highest BCUT2D eigenvalue weighted by atomic mass is 16.5. The number of nitrogens with two attached hydrogens (primary N) is 1. The maximum absolute atomic E-state index is 8.61. The Labute approximate surface area is 155 Å². The van der Waals surface area contributed by atoms with Crippen LogP contribution in [0.15, 0.2) is 42.7 Å². The van der Waals surface area contributed by atoms with Crippen LogP contribution in [0.5, 0.6) is 11.5 Å². The van der Waals surface area contributed by atoms with Gasteiger partial charge in [-0.3, -0.25) is 4.98 Å². The van der Waals surface area contributed by atoms with Crippen LogP contribution in [0.25, 0.3) is 0 Å². The molecule has 0 radical (unpaired) electrons. The van der Waals surface area contributed by atoms with Gasteiger partial charge in [0, 0.05) is 12.6 Å². The third kappa shape index (κ3) is 6.38. The molecular weight excluding hydrogens is 326 g/mol. The molecule has 0 aliphatic carbocycles. The zero-order valence-corrected chi connectivity index (χ0v) is 15.7. The lowest BCUT2D eigenvalue weighted by molar-refractivity contribution is 0.219. The standard InChI is InChI=1S/C21H27N3O2/c1-21(2,3)17-11-20(13-24-12-17)26-15-18(23)14-25-19-8-6-16(7-9-19)5-4-10-22/h6-9,11-13,18H,4-5,14-15,23H2,1-3H3/t18-/m0/s1. The van der Waals surface area contributed by atoms with E-state index in [1.165, 1.54) is 0 Å². The summed E-state index contributed by atoms with van der Waals surface area (Å²) < 4.78 is 11.5. The number of hydrogen-bond donors (Lipinski definition) is 1. The van der Waals surface area contributed by atoms with Crippen molar-refractivity contribution in [2.45, 2.75) is 45.1 Å². The summed E-state index contributed by atoms with van der Waals surface area (Å²) in [5, 5.41) is 8.61. The Balaban J connectivity index is 1.79.